The van der Waals surface area contributed by atoms with Gasteiger partial charge in [0.25, 0.3) is 0 Å². The second kappa shape index (κ2) is 16.3. The summed E-state index contributed by atoms with van der Waals surface area (Å²) in [5.41, 5.74) is 3.43. The summed E-state index contributed by atoms with van der Waals surface area (Å²) in [6.07, 6.45) is 7.34. The van der Waals surface area contributed by atoms with Crippen LogP contribution in [-0.2, 0) is 22.6 Å². The highest BCUT2D eigenvalue weighted by molar-refractivity contribution is 5.80. The number of hydrogen-bond donors (Lipinski definition) is 0. The van der Waals surface area contributed by atoms with Crippen molar-refractivity contribution in [2.24, 2.45) is 5.92 Å². The number of aryl methyl sites for hydroxylation is 1. The van der Waals surface area contributed by atoms with Crippen molar-refractivity contribution in [1.82, 2.24) is 0 Å². The van der Waals surface area contributed by atoms with E-state index in [0.29, 0.717) is 25.9 Å². The molecule has 206 valence electrons. The molecule has 3 atom stereocenters. The van der Waals surface area contributed by atoms with Gasteiger partial charge in [0, 0.05) is 25.3 Å². The lowest BCUT2D eigenvalue weighted by molar-refractivity contribution is -0.119. The van der Waals surface area contributed by atoms with E-state index in [2.05, 4.69) is 44.3 Å². The van der Waals surface area contributed by atoms with Crippen molar-refractivity contribution in [2.75, 3.05) is 0 Å². The number of rotatable bonds is 12. The van der Waals surface area contributed by atoms with Crippen LogP contribution in [0.3, 0.4) is 0 Å². The number of hydrogen-bond acceptors (Lipinski definition) is 4. The van der Waals surface area contributed by atoms with E-state index >= 15 is 0 Å². The highest BCUT2D eigenvalue weighted by atomic mass is 16.5. The predicted molar refractivity (Wildman–Crippen MR) is 158 cm³/mol. The number of ether oxygens (including phenoxy) is 2. The Hall–Kier alpha value is -3.66. The molecular weight excluding hydrogens is 484 g/mol. The minimum Gasteiger partial charge on any atom is -0.491 e. The molecule has 1 aliphatic rings. The van der Waals surface area contributed by atoms with Crippen LogP contribution in [0, 0.1) is 5.92 Å². The van der Waals surface area contributed by atoms with Crippen LogP contribution in [0.1, 0.15) is 74.5 Å². The maximum Gasteiger partial charge on any atom is 0.133 e. The average Bonchev–Trinajstić information content (AvgIpc) is 3.15. The van der Waals surface area contributed by atoms with E-state index in [-0.39, 0.29) is 23.7 Å². The number of Topliss-reactive ketones (excluding diaryl/α,β-unsaturated/α-hetero) is 1. The molecule has 0 heterocycles. The monoisotopic (exact) mass is 526 g/mol. The van der Waals surface area contributed by atoms with Crippen LogP contribution < -0.4 is 9.47 Å². The topological polar surface area (TPSA) is 52.6 Å². The van der Waals surface area contributed by atoms with Crippen LogP contribution in [0.4, 0.5) is 0 Å². The van der Waals surface area contributed by atoms with E-state index in [9.17, 15) is 9.59 Å². The summed E-state index contributed by atoms with van der Waals surface area (Å²) in [7, 11) is 0. The largest absolute Gasteiger partial charge is 0.491 e. The van der Waals surface area contributed by atoms with E-state index in [0.717, 1.165) is 61.0 Å². The van der Waals surface area contributed by atoms with Gasteiger partial charge in [0.05, 0.1) is 6.10 Å². The average molecular weight is 527 g/mol. The molecule has 1 fully saturated rings. The van der Waals surface area contributed by atoms with E-state index in [1.165, 1.54) is 5.56 Å². The van der Waals surface area contributed by atoms with Crippen LogP contribution in [0.2, 0.25) is 0 Å². The van der Waals surface area contributed by atoms with Gasteiger partial charge in [0.15, 0.2) is 0 Å². The first-order valence-electron chi connectivity index (χ1n) is 14.1. The van der Waals surface area contributed by atoms with Gasteiger partial charge in [-0.3, -0.25) is 4.79 Å². The normalized spacial score (nSPS) is 17.7. The van der Waals surface area contributed by atoms with E-state index in [1.54, 1.807) is 0 Å². The molecule has 0 radical (unpaired) electrons. The van der Waals surface area contributed by atoms with E-state index < -0.39 is 0 Å². The Balaban J connectivity index is 0.00000205. The zero-order valence-corrected chi connectivity index (χ0v) is 23.2. The molecule has 4 nitrogen and oxygen atoms in total. The Bertz CT molecular complexity index is 1140. The lowest BCUT2D eigenvalue weighted by Crippen LogP contribution is -2.16. The molecular formula is C35H42O4. The molecule has 0 N–H and O–H groups in total. The van der Waals surface area contributed by atoms with Crippen molar-refractivity contribution in [3.05, 3.63) is 109 Å². The Kier molecular flexibility index (Phi) is 12.5. The van der Waals surface area contributed by atoms with Crippen LogP contribution in [-0.4, -0.2) is 18.2 Å². The molecule has 0 saturated heterocycles. The number of benzene rings is 3. The van der Waals surface area contributed by atoms with Crippen LogP contribution >= 0.6 is 0 Å². The molecule has 3 aromatic rings. The SMILES string of the molecule is C=C.CC(CCCc1ccccc1)Oc1ccc([C@H]2CC(=O)CCC[C@H]2CC=O)c(OCc2ccccc2)c1. The molecule has 0 aliphatic heterocycles. The maximum atomic E-state index is 12.6. The Morgan fingerprint density at radius 1 is 0.974 bits per heavy atom. The van der Waals surface area contributed by atoms with Crippen molar-refractivity contribution < 1.29 is 19.1 Å². The molecule has 3 aromatic carbocycles. The summed E-state index contributed by atoms with van der Waals surface area (Å²) >= 11 is 0. The number of aldehydes is 1. The second-order valence-corrected chi connectivity index (χ2v) is 10.2. The Morgan fingerprint density at radius 2 is 1.67 bits per heavy atom. The minimum absolute atomic E-state index is 0.0247. The van der Waals surface area contributed by atoms with Gasteiger partial charge in [-0.25, -0.2) is 0 Å². The fourth-order valence-corrected chi connectivity index (χ4v) is 5.33. The fraction of sp³-hybridized carbons (Fsp3) is 0.371. The first-order valence-corrected chi connectivity index (χ1v) is 14.1. The lowest BCUT2D eigenvalue weighted by Gasteiger charge is -2.26. The number of ketones is 1. The van der Waals surface area contributed by atoms with E-state index in [1.807, 2.05) is 54.6 Å². The third-order valence-electron chi connectivity index (χ3n) is 7.32. The lowest BCUT2D eigenvalue weighted by atomic mass is 9.80. The molecule has 4 heteroatoms. The fourth-order valence-electron chi connectivity index (χ4n) is 5.33. The minimum atomic E-state index is -0.0247. The van der Waals surface area contributed by atoms with Crippen molar-refractivity contribution in [2.45, 2.75) is 76.9 Å². The van der Waals surface area contributed by atoms with Gasteiger partial charge in [0.1, 0.15) is 30.2 Å². The standard InChI is InChI=1S/C33H38O4.C2H4/c1-25(10-8-15-26-11-4-2-5-12-26)37-30-18-19-31(32-22-29(35)17-9-16-28(32)20-21-34)33(23-30)36-24-27-13-6-3-7-14-27;1-2/h2-7,11-14,18-19,21,23,25,28,32H,8-10,15-17,20,22,24H2,1H3;1-2H2/t25?,28-,32-;/m0./s1. The van der Waals surface area contributed by atoms with Gasteiger partial charge < -0.3 is 14.3 Å². The summed E-state index contributed by atoms with van der Waals surface area (Å²) in [6.45, 7) is 8.54. The molecule has 0 aromatic heterocycles. The third-order valence-corrected chi connectivity index (χ3v) is 7.32. The first kappa shape index (κ1) is 29.9. The predicted octanol–water partition coefficient (Wildman–Crippen LogP) is 8.29. The van der Waals surface area contributed by atoms with Crippen molar-refractivity contribution in [3.63, 3.8) is 0 Å². The summed E-state index contributed by atoms with van der Waals surface area (Å²) in [5.74, 6) is 1.90. The van der Waals surface area contributed by atoms with Gasteiger partial charge >= 0.3 is 0 Å². The van der Waals surface area contributed by atoms with Crippen LogP contribution in [0.15, 0.2) is 92.0 Å². The zero-order valence-electron chi connectivity index (χ0n) is 23.2. The van der Waals surface area contributed by atoms with Gasteiger partial charge in [-0.2, -0.15) is 0 Å². The van der Waals surface area contributed by atoms with Crippen LogP contribution in [0.5, 0.6) is 11.5 Å². The van der Waals surface area contributed by atoms with Crippen molar-refractivity contribution in [3.8, 4) is 11.5 Å². The molecule has 0 bridgehead atoms. The summed E-state index contributed by atoms with van der Waals surface area (Å²) in [6, 6.07) is 26.6. The first-order chi connectivity index (χ1) is 19.1. The molecule has 39 heavy (non-hydrogen) atoms. The molecule has 1 aliphatic carbocycles. The van der Waals surface area contributed by atoms with Gasteiger partial charge in [-0.15, -0.1) is 13.2 Å². The summed E-state index contributed by atoms with van der Waals surface area (Å²) in [5, 5.41) is 0. The second-order valence-electron chi connectivity index (χ2n) is 10.2. The summed E-state index contributed by atoms with van der Waals surface area (Å²) in [4.78, 5) is 24.0. The van der Waals surface area contributed by atoms with Gasteiger partial charge in [-0.05, 0) is 73.6 Å². The smallest absolute Gasteiger partial charge is 0.133 e. The third kappa shape index (κ3) is 9.55. The van der Waals surface area contributed by atoms with Crippen molar-refractivity contribution in [1.29, 1.82) is 0 Å². The Labute approximate surface area is 234 Å². The number of carbonyl (C=O) groups is 2. The molecule has 1 saturated carbocycles. The maximum absolute atomic E-state index is 12.6. The highest BCUT2D eigenvalue weighted by Crippen LogP contribution is 2.42. The molecule has 0 amide bonds. The molecule has 4 rings (SSSR count). The Morgan fingerprint density at radius 3 is 2.36 bits per heavy atom. The van der Waals surface area contributed by atoms with E-state index in [4.69, 9.17) is 9.47 Å². The summed E-state index contributed by atoms with van der Waals surface area (Å²) < 4.78 is 12.7. The van der Waals surface area contributed by atoms with Gasteiger partial charge in [-0.1, -0.05) is 66.7 Å². The zero-order chi connectivity index (χ0) is 27.9. The quantitative estimate of drug-likeness (QED) is 0.135. The number of carbonyl (C=O) groups excluding carboxylic acids is 2. The molecule has 0 spiro atoms. The highest BCUT2D eigenvalue weighted by Gasteiger charge is 2.30. The molecule has 1 unspecified atom stereocenters. The van der Waals surface area contributed by atoms with Crippen LogP contribution in [0.25, 0.3) is 0 Å². The van der Waals surface area contributed by atoms with Crippen molar-refractivity contribution >= 4 is 12.1 Å². The van der Waals surface area contributed by atoms with Gasteiger partial charge in [0.2, 0.25) is 0 Å².